The molecule has 0 amide bonds. The first-order valence-corrected chi connectivity index (χ1v) is 7.45. The standard InChI is InChI=1S/C18H28O2/c19-17-15-13-11-9-7-5-3-1-2-4-6-8-10-12-14-16-18-20/h1-2,7-10,15-20H,3-6,11-14H2/b2-1+,9-7+,10-8+,17-15+,18-16+. The van der Waals surface area contributed by atoms with Crippen molar-refractivity contribution in [3.63, 3.8) is 0 Å². The van der Waals surface area contributed by atoms with Crippen molar-refractivity contribution in [2.75, 3.05) is 0 Å². The number of aliphatic hydroxyl groups is 2. The zero-order valence-electron chi connectivity index (χ0n) is 12.3. The topological polar surface area (TPSA) is 40.5 Å². The Morgan fingerprint density at radius 2 is 0.550 bits per heavy atom. The Labute approximate surface area is 123 Å². The van der Waals surface area contributed by atoms with E-state index in [9.17, 15) is 0 Å². The molecule has 0 rings (SSSR count). The van der Waals surface area contributed by atoms with Crippen LogP contribution in [0.4, 0.5) is 0 Å². The maximum Gasteiger partial charge on any atom is 0.0751 e. The Kier molecular flexibility index (Phi) is 15.8. The fourth-order valence-corrected chi connectivity index (χ4v) is 1.63. The summed E-state index contributed by atoms with van der Waals surface area (Å²) in [6.07, 6.45) is 27.1. The van der Waals surface area contributed by atoms with Gasteiger partial charge in [0.2, 0.25) is 0 Å². The molecule has 20 heavy (non-hydrogen) atoms. The Morgan fingerprint density at radius 3 is 0.750 bits per heavy atom. The van der Waals surface area contributed by atoms with Crippen LogP contribution in [-0.2, 0) is 0 Å². The fraction of sp³-hybridized carbons (Fsp3) is 0.444. The summed E-state index contributed by atoms with van der Waals surface area (Å²) in [7, 11) is 0. The van der Waals surface area contributed by atoms with Crippen LogP contribution in [-0.4, -0.2) is 10.2 Å². The van der Waals surface area contributed by atoms with Crippen molar-refractivity contribution in [3.05, 3.63) is 61.1 Å². The van der Waals surface area contributed by atoms with Gasteiger partial charge in [0, 0.05) is 0 Å². The minimum absolute atomic E-state index is 0.906. The van der Waals surface area contributed by atoms with E-state index in [1.54, 1.807) is 12.2 Å². The number of allylic oxidation sites excluding steroid dienone is 8. The highest BCUT2D eigenvalue weighted by Gasteiger charge is 1.80. The van der Waals surface area contributed by atoms with Gasteiger partial charge in [-0.25, -0.2) is 0 Å². The van der Waals surface area contributed by atoms with Gasteiger partial charge in [0.1, 0.15) is 0 Å². The van der Waals surface area contributed by atoms with Crippen molar-refractivity contribution in [1.29, 1.82) is 0 Å². The maximum absolute atomic E-state index is 8.45. The van der Waals surface area contributed by atoms with E-state index in [0.717, 1.165) is 63.9 Å². The average Bonchev–Trinajstić information content (AvgIpc) is 2.47. The van der Waals surface area contributed by atoms with Crippen LogP contribution in [0.5, 0.6) is 0 Å². The predicted molar refractivity (Wildman–Crippen MR) is 87.9 cm³/mol. The molecular formula is C18H28O2. The Balaban J connectivity index is 3.31. The summed E-state index contributed by atoms with van der Waals surface area (Å²) in [5.41, 5.74) is 0. The molecule has 112 valence electrons. The second kappa shape index (κ2) is 17.3. The molecule has 0 radical (unpaired) electrons. The van der Waals surface area contributed by atoms with Gasteiger partial charge in [-0.15, -0.1) is 0 Å². The second-order valence-corrected chi connectivity index (χ2v) is 4.49. The normalized spacial score (nSPS) is 13.0. The summed E-state index contributed by atoms with van der Waals surface area (Å²) >= 11 is 0. The van der Waals surface area contributed by atoms with Gasteiger partial charge in [-0.05, 0) is 63.5 Å². The van der Waals surface area contributed by atoms with E-state index in [1.165, 1.54) is 0 Å². The van der Waals surface area contributed by atoms with Crippen molar-refractivity contribution < 1.29 is 10.2 Å². The van der Waals surface area contributed by atoms with Gasteiger partial charge in [0.25, 0.3) is 0 Å². The second-order valence-electron chi connectivity index (χ2n) is 4.49. The lowest BCUT2D eigenvalue weighted by Crippen LogP contribution is -1.70. The van der Waals surface area contributed by atoms with Gasteiger partial charge in [-0.2, -0.15) is 0 Å². The molecule has 0 atom stereocenters. The first kappa shape index (κ1) is 18.3. The lowest BCUT2D eigenvalue weighted by atomic mass is 10.2. The van der Waals surface area contributed by atoms with Gasteiger partial charge < -0.3 is 10.2 Å². The molecule has 0 aromatic rings. The van der Waals surface area contributed by atoms with Crippen molar-refractivity contribution in [1.82, 2.24) is 0 Å². The number of unbranched alkanes of at least 4 members (excludes halogenated alkanes) is 4. The van der Waals surface area contributed by atoms with Crippen LogP contribution in [0.2, 0.25) is 0 Å². The van der Waals surface area contributed by atoms with Crippen LogP contribution in [0.25, 0.3) is 0 Å². The van der Waals surface area contributed by atoms with Crippen molar-refractivity contribution in [2.24, 2.45) is 0 Å². The van der Waals surface area contributed by atoms with Crippen LogP contribution >= 0.6 is 0 Å². The monoisotopic (exact) mass is 276 g/mol. The predicted octanol–water partition coefficient (Wildman–Crippen LogP) is 5.92. The van der Waals surface area contributed by atoms with Crippen LogP contribution in [0.1, 0.15) is 51.4 Å². The van der Waals surface area contributed by atoms with Crippen molar-refractivity contribution in [2.45, 2.75) is 51.4 Å². The number of rotatable bonds is 12. The summed E-state index contributed by atoms with van der Waals surface area (Å²) in [6.45, 7) is 0. The van der Waals surface area contributed by atoms with E-state index in [2.05, 4.69) is 36.5 Å². The molecule has 2 N–H and O–H groups in total. The molecule has 0 fully saturated rings. The van der Waals surface area contributed by atoms with Crippen LogP contribution in [0.3, 0.4) is 0 Å². The lowest BCUT2D eigenvalue weighted by molar-refractivity contribution is 0.470. The molecule has 0 saturated carbocycles. The summed E-state index contributed by atoms with van der Waals surface area (Å²) in [4.78, 5) is 0. The SMILES string of the molecule is O/C=C/CC/C=C/CC/C=C/CC/C=C/CC/C=C/O. The van der Waals surface area contributed by atoms with E-state index >= 15 is 0 Å². The van der Waals surface area contributed by atoms with E-state index in [-0.39, 0.29) is 0 Å². The largest absolute Gasteiger partial charge is 0.516 e. The number of aliphatic hydroxyl groups excluding tert-OH is 2. The van der Waals surface area contributed by atoms with Gasteiger partial charge in [0.15, 0.2) is 0 Å². The van der Waals surface area contributed by atoms with Crippen molar-refractivity contribution in [3.8, 4) is 0 Å². The zero-order chi connectivity index (χ0) is 14.7. The summed E-state index contributed by atoms with van der Waals surface area (Å²) < 4.78 is 0. The smallest absolute Gasteiger partial charge is 0.0751 e. The molecule has 0 aromatic heterocycles. The molecule has 0 aliphatic carbocycles. The summed E-state index contributed by atoms with van der Waals surface area (Å²) in [6, 6.07) is 0. The van der Waals surface area contributed by atoms with E-state index in [1.807, 2.05) is 0 Å². The van der Waals surface area contributed by atoms with Crippen LogP contribution < -0.4 is 0 Å². The maximum atomic E-state index is 8.45. The molecule has 2 nitrogen and oxygen atoms in total. The summed E-state index contributed by atoms with van der Waals surface area (Å²) in [5, 5.41) is 16.9. The highest BCUT2D eigenvalue weighted by atomic mass is 16.2. The number of hydrogen-bond acceptors (Lipinski definition) is 2. The van der Waals surface area contributed by atoms with Gasteiger partial charge in [-0.1, -0.05) is 36.5 Å². The average molecular weight is 276 g/mol. The minimum atomic E-state index is 0.906. The third-order valence-electron chi connectivity index (χ3n) is 2.71. The molecular weight excluding hydrogens is 248 g/mol. The van der Waals surface area contributed by atoms with Gasteiger partial charge in [-0.3, -0.25) is 0 Å². The van der Waals surface area contributed by atoms with Gasteiger partial charge >= 0.3 is 0 Å². The third-order valence-corrected chi connectivity index (χ3v) is 2.71. The van der Waals surface area contributed by atoms with Crippen molar-refractivity contribution >= 4 is 0 Å². The molecule has 0 saturated heterocycles. The molecule has 0 bridgehead atoms. The van der Waals surface area contributed by atoms with Gasteiger partial charge in [0.05, 0.1) is 12.5 Å². The molecule has 2 heteroatoms. The van der Waals surface area contributed by atoms with E-state index < -0.39 is 0 Å². The first-order chi connectivity index (χ1) is 9.91. The quantitative estimate of drug-likeness (QED) is 0.264. The highest BCUT2D eigenvalue weighted by Crippen LogP contribution is 2.01. The number of hydrogen-bond donors (Lipinski definition) is 2. The Bertz CT molecular complexity index is 290. The minimum Gasteiger partial charge on any atom is -0.516 e. The molecule has 0 unspecified atom stereocenters. The molecule has 0 heterocycles. The van der Waals surface area contributed by atoms with E-state index in [0.29, 0.717) is 0 Å². The van der Waals surface area contributed by atoms with E-state index in [4.69, 9.17) is 10.2 Å². The van der Waals surface area contributed by atoms with Crippen LogP contribution in [0.15, 0.2) is 61.1 Å². The molecule has 0 aromatic carbocycles. The Hall–Kier alpha value is -1.70. The third kappa shape index (κ3) is 16.3. The first-order valence-electron chi connectivity index (χ1n) is 7.45. The molecule has 0 aliphatic rings. The fourth-order valence-electron chi connectivity index (χ4n) is 1.63. The zero-order valence-corrected chi connectivity index (χ0v) is 12.3. The molecule has 0 spiro atoms. The summed E-state index contributed by atoms with van der Waals surface area (Å²) in [5.74, 6) is 0. The lowest BCUT2D eigenvalue weighted by Gasteiger charge is -1.90. The highest BCUT2D eigenvalue weighted by molar-refractivity contribution is 4.92. The molecule has 0 aliphatic heterocycles. The Morgan fingerprint density at radius 1 is 0.350 bits per heavy atom. The van der Waals surface area contributed by atoms with Crippen LogP contribution in [0, 0.1) is 0 Å².